The summed E-state index contributed by atoms with van der Waals surface area (Å²) in [6.45, 7) is 5.97. The molecular weight excluding hydrogens is 336 g/mol. The van der Waals surface area contributed by atoms with Gasteiger partial charge < -0.3 is 14.3 Å². The SMILES string of the molecule is CCOc1ccc(C(=O)N/N=C(/C)c2cc(CCC(=O)O)oc2C)cc1. The minimum absolute atomic E-state index is 0.00292. The number of amides is 1. The van der Waals surface area contributed by atoms with Gasteiger partial charge in [-0.2, -0.15) is 5.10 Å². The fourth-order valence-electron chi connectivity index (χ4n) is 2.38. The van der Waals surface area contributed by atoms with Crippen molar-refractivity contribution >= 4 is 17.6 Å². The Morgan fingerprint density at radius 2 is 1.96 bits per heavy atom. The molecule has 1 aromatic heterocycles. The monoisotopic (exact) mass is 358 g/mol. The Morgan fingerprint density at radius 3 is 2.58 bits per heavy atom. The van der Waals surface area contributed by atoms with Crippen LogP contribution in [0, 0.1) is 6.92 Å². The zero-order valence-electron chi connectivity index (χ0n) is 15.0. The molecule has 7 nitrogen and oxygen atoms in total. The number of hydrogen-bond donors (Lipinski definition) is 2. The fourth-order valence-corrected chi connectivity index (χ4v) is 2.38. The summed E-state index contributed by atoms with van der Waals surface area (Å²) in [6.07, 6.45) is 0.305. The molecule has 138 valence electrons. The summed E-state index contributed by atoms with van der Waals surface area (Å²) < 4.78 is 10.9. The van der Waals surface area contributed by atoms with Crippen molar-refractivity contribution in [2.24, 2.45) is 5.10 Å². The zero-order chi connectivity index (χ0) is 19.1. The Bertz CT molecular complexity index is 806. The van der Waals surface area contributed by atoms with Crippen LogP contribution in [0.2, 0.25) is 0 Å². The second-order valence-corrected chi connectivity index (χ2v) is 5.67. The predicted octanol–water partition coefficient (Wildman–Crippen LogP) is 3.16. The van der Waals surface area contributed by atoms with Gasteiger partial charge in [-0.3, -0.25) is 9.59 Å². The lowest BCUT2D eigenvalue weighted by Gasteiger charge is -2.05. The fraction of sp³-hybridized carbons (Fsp3) is 0.316. The third-order valence-electron chi connectivity index (χ3n) is 3.70. The average molecular weight is 358 g/mol. The van der Waals surface area contributed by atoms with E-state index in [0.29, 0.717) is 41.6 Å². The van der Waals surface area contributed by atoms with Crippen LogP contribution >= 0.6 is 0 Å². The molecule has 2 rings (SSSR count). The van der Waals surface area contributed by atoms with E-state index >= 15 is 0 Å². The van der Waals surface area contributed by atoms with Crippen molar-refractivity contribution in [1.29, 1.82) is 0 Å². The number of carboxylic acids is 1. The molecule has 2 aromatic rings. The lowest BCUT2D eigenvalue weighted by atomic mass is 10.1. The number of carboxylic acid groups (broad SMARTS) is 1. The second kappa shape index (κ2) is 8.84. The van der Waals surface area contributed by atoms with Gasteiger partial charge in [-0.15, -0.1) is 0 Å². The smallest absolute Gasteiger partial charge is 0.303 e. The normalized spacial score (nSPS) is 11.3. The summed E-state index contributed by atoms with van der Waals surface area (Å²) in [5.74, 6) is 0.689. The van der Waals surface area contributed by atoms with Crippen molar-refractivity contribution < 1.29 is 23.8 Å². The van der Waals surface area contributed by atoms with Gasteiger partial charge in [0.15, 0.2) is 0 Å². The first kappa shape index (κ1) is 19.2. The first-order valence-electron chi connectivity index (χ1n) is 8.29. The maximum absolute atomic E-state index is 12.2. The number of aryl methyl sites for hydroxylation is 2. The van der Waals surface area contributed by atoms with Crippen molar-refractivity contribution in [3.63, 3.8) is 0 Å². The molecular formula is C19H22N2O5. The molecule has 7 heteroatoms. The van der Waals surface area contributed by atoms with Crippen LogP contribution in [0.5, 0.6) is 5.75 Å². The number of nitrogens with one attached hydrogen (secondary N) is 1. The second-order valence-electron chi connectivity index (χ2n) is 5.67. The molecule has 0 radical (unpaired) electrons. The van der Waals surface area contributed by atoms with Crippen molar-refractivity contribution in [3.05, 3.63) is 53.0 Å². The van der Waals surface area contributed by atoms with Crippen LogP contribution < -0.4 is 10.2 Å². The van der Waals surface area contributed by atoms with Crippen LogP contribution in [0.15, 0.2) is 39.9 Å². The highest BCUT2D eigenvalue weighted by molar-refractivity contribution is 6.01. The zero-order valence-corrected chi connectivity index (χ0v) is 15.0. The van der Waals surface area contributed by atoms with Crippen molar-refractivity contribution in [3.8, 4) is 5.75 Å². The molecule has 0 spiro atoms. The molecule has 26 heavy (non-hydrogen) atoms. The van der Waals surface area contributed by atoms with E-state index in [1.54, 1.807) is 44.2 Å². The molecule has 1 amide bonds. The van der Waals surface area contributed by atoms with Crippen LogP contribution in [-0.4, -0.2) is 29.3 Å². The number of aliphatic carboxylic acids is 1. The summed E-state index contributed by atoms with van der Waals surface area (Å²) in [6, 6.07) is 8.53. The Kier molecular flexibility index (Phi) is 6.54. The molecule has 0 aliphatic rings. The molecule has 0 atom stereocenters. The maximum atomic E-state index is 12.2. The van der Waals surface area contributed by atoms with Crippen molar-refractivity contribution in [2.45, 2.75) is 33.6 Å². The van der Waals surface area contributed by atoms with Crippen molar-refractivity contribution in [2.75, 3.05) is 6.61 Å². The summed E-state index contributed by atoms with van der Waals surface area (Å²) in [5.41, 5.74) is 4.29. The summed E-state index contributed by atoms with van der Waals surface area (Å²) in [7, 11) is 0. The predicted molar refractivity (Wildman–Crippen MR) is 96.7 cm³/mol. The van der Waals surface area contributed by atoms with E-state index in [0.717, 1.165) is 5.56 Å². The number of furan rings is 1. The van der Waals surface area contributed by atoms with Gasteiger partial charge >= 0.3 is 5.97 Å². The molecule has 0 saturated heterocycles. The number of hydrogen-bond acceptors (Lipinski definition) is 5. The Balaban J connectivity index is 2.02. The average Bonchev–Trinajstić information content (AvgIpc) is 2.99. The molecule has 1 heterocycles. The Morgan fingerprint density at radius 1 is 1.27 bits per heavy atom. The quantitative estimate of drug-likeness (QED) is 0.557. The topological polar surface area (TPSA) is 101 Å². The standard InChI is InChI=1S/C19H22N2O5/c1-4-25-15-7-5-14(6-8-15)19(24)21-20-12(2)17-11-16(26-13(17)3)9-10-18(22)23/h5-8,11H,4,9-10H2,1-3H3,(H,21,24)(H,22,23)/b20-12-. The molecule has 0 bridgehead atoms. The summed E-state index contributed by atoms with van der Waals surface area (Å²) in [5, 5.41) is 12.8. The Labute approximate surface area is 151 Å². The number of ether oxygens (including phenoxy) is 1. The number of carbonyl (C=O) groups excluding carboxylic acids is 1. The third-order valence-corrected chi connectivity index (χ3v) is 3.70. The number of hydrazone groups is 1. The van der Waals surface area contributed by atoms with Crippen LogP contribution in [0.4, 0.5) is 0 Å². The van der Waals surface area contributed by atoms with Gasteiger partial charge in [0.05, 0.1) is 18.7 Å². The molecule has 0 fully saturated rings. The van der Waals surface area contributed by atoms with Gasteiger partial charge in [-0.05, 0) is 51.1 Å². The molecule has 1 aromatic carbocycles. The van der Waals surface area contributed by atoms with E-state index < -0.39 is 5.97 Å². The number of nitrogens with zero attached hydrogens (tertiary/aromatic N) is 1. The third kappa shape index (κ3) is 5.20. The summed E-state index contributed by atoms with van der Waals surface area (Å²) in [4.78, 5) is 22.8. The van der Waals surface area contributed by atoms with Gasteiger partial charge in [0.25, 0.3) is 5.91 Å². The van der Waals surface area contributed by atoms with Crippen LogP contribution in [0.3, 0.4) is 0 Å². The number of rotatable bonds is 8. The maximum Gasteiger partial charge on any atom is 0.303 e. The van der Waals surface area contributed by atoms with Gasteiger partial charge in [-0.25, -0.2) is 5.43 Å². The van der Waals surface area contributed by atoms with E-state index in [1.807, 2.05) is 6.92 Å². The van der Waals surface area contributed by atoms with E-state index in [9.17, 15) is 9.59 Å². The van der Waals surface area contributed by atoms with Gasteiger partial charge in [0.2, 0.25) is 0 Å². The Hall–Kier alpha value is -3.09. The number of carbonyl (C=O) groups is 2. The van der Waals surface area contributed by atoms with Gasteiger partial charge in [0.1, 0.15) is 17.3 Å². The van der Waals surface area contributed by atoms with Crippen LogP contribution in [0.25, 0.3) is 0 Å². The highest BCUT2D eigenvalue weighted by Crippen LogP contribution is 2.17. The minimum atomic E-state index is -0.881. The lowest BCUT2D eigenvalue weighted by Crippen LogP contribution is -2.19. The van der Waals surface area contributed by atoms with E-state index in [4.69, 9.17) is 14.3 Å². The van der Waals surface area contributed by atoms with E-state index in [1.165, 1.54) is 0 Å². The molecule has 2 N–H and O–H groups in total. The minimum Gasteiger partial charge on any atom is -0.494 e. The molecule has 0 aliphatic heterocycles. The lowest BCUT2D eigenvalue weighted by molar-refractivity contribution is -0.137. The molecule has 0 saturated carbocycles. The largest absolute Gasteiger partial charge is 0.494 e. The first-order chi connectivity index (χ1) is 12.4. The highest BCUT2D eigenvalue weighted by atomic mass is 16.5. The molecule has 0 aliphatic carbocycles. The van der Waals surface area contributed by atoms with Crippen LogP contribution in [0.1, 0.15) is 47.7 Å². The van der Waals surface area contributed by atoms with E-state index in [2.05, 4.69) is 10.5 Å². The first-order valence-corrected chi connectivity index (χ1v) is 8.29. The van der Waals surface area contributed by atoms with Gasteiger partial charge in [0, 0.05) is 17.5 Å². The number of benzene rings is 1. The van der Waals surface area contributed by atoms with Gasteiger partial charge in [-0.1, -0.05) is 0 Å². The highest BCUT2D eigenvalue weighted by Gasteiger charge is 2.12. The van der Waals surface area contributed by atoms with E-state index in [-0.39, 0.29) is 12.3 Å². The van der Waals surface area contributed by atoms with Crippen LogP contribution in [-0.2, 0) is 11.2 Å². The molecule has 0 unspecified atom stereocenters. The summed E-state index contributed by atoms with van der Waals surface area (Å²) >= 11 is 0. The van der Waals surface area contributed by atoms with Crippen molar-refractivity contribution in [1.82, 2.24) is 5.43 Å².